The Hall–Kier alpha value is -2.40. The van der Waals surface area contributed by atoms with Gasteiger partial charge in [-0.3, -0.25) is 15.1 Å². The van der Waals surface area contributed by atoms with E-state index in [0.29, 0.717) is 29.7 Å². The highest BCUT2D eigenvalue weighted by Gasteiger charge is 2.13. The standard InChI is InChI=1S/C18H20ClN3O2/c1-13(2)12-24-18(21-11-14-7-5-6-10-20-14)22-17(23)15-8-3-4-9-16(15)19/h3-10,13H,11-12H2,1-2H3,(H,21,22,23). The van der Waals surface area contributed by atoms with E-state index in [1.165, 1.54) is 0 Å². The number of amidine groups is 1. The average molecular weight is 346 g/mol. The highest BCUT2D eigenvalue weighted by Crippen LogP contribution is 2.14. The Morgan fingerprint density at radius 3 is 2.67 bits per heavy atom. The maximum absolute atomic E-state index is 12.4. The lowest BCUT2D eigenvalue weighted by Crippen LogP contribution is -2.33. The fraction of sp³-hybridized carbons (Fsp3) is 0.278. The Morgan fingerprint density at radius 2 is 2.00 bits per heavy atom. The maximum atomic E-state index is 12.4. The summed E-state index contributed by atoms with van der Waals surface area (Å²) in [4.78, 5) is 20.9. The second-order valence-corrected chi connectivity index (χ2v) is 5.99. The molecule has 0 radical (unpaired) electrons. The fourth-order valence-electron chi connectivity index (χ4n) is 1.82. The van der Waals surface area contributed by atoms with Crippen molar-refractivity contribution in [3.63, 3.8) is 0 Å². The van der Waals surface area contributed by atoms with Gasteiger partial charge in [0.25, 0.3) is 11.9 Å². The van der Waals surface area contributed by atoms with Crippen molar-refractivity contribution in [2.75, 3.05) is 6.61 Å². The largest absolute Gasteiger partial charge is 0.465 e. The zero-order valence-corrected chi connectivity index (χ0v) is 14.5. The molecule has 5 nitrogen and oxygen atoms in total. The van der Waals surface area contributed by atoms with E-state index in [0.717, 1.165) is 5.69 Å². The quantitative estimate of drug-likeness (QED) is 0.664. The number of aromatic nitrogens is 1. The summed E-state index contributed by atoms with van der Waals surface area (Å²) in [6, 6.07) is 12.6. The van der Waals surface area contributed by atoms with Gasteiger partial charge in [-0.15, -0.1) is 0 Å². The molecule has 0 saturated heterocycles. The number of carbonyl (C=O) groups excluding carboxylic acids is 1. The Bertz CT molecular complexity index is 702. The Balaban J connectivity index is 2.10. The minimum Gasteiger partial charge on any atom is -0.465 e. The molecule has 1 heterocycles. The number of halogens is 1. The van der Waals surface area contributed by atoms with Crippen LogP contribution in [0.15, 0.2) is 53.7 Å². The van der Waals surface area contributed by atoms with Crippen LogP contribution in [0.5, 0.6) is 0 Å². The molecule has 2 aromatic rings. The number of hydrogen-bond acceptors (Lipinski definition) is 4. The van der Waals surface area contributed by atoms with Crippen molar-refractivity contribution < 1.29 is 9.53 Å². The number of amides is 1. The van der Waals surface area contributed by atoms with Gasteiger partial charge >= 0.3 is 0 Å². The van der Waals surface area contributed by atoms with Crippen molar-refractivity contribution in [1.82, 2.24) is 10.3 Å². The summed E-state index contributed by atoms with van der Waals surface area (Å²) in [6.07, 6.45) is 1.70. The normalized spacial score (nSPS) is 11.4. The number of rotatable bonds is 5. The van der Waals surface area contributed by atoms with Crippen molar-refractivity contribution in [1.29, 1.82) is 0 Å². The van der Waals surface area contributed by atoms with Gasteiger partial charge in [-0.2, -0.15) is 0 Å². The topological polar surface area (TPSA) is 63.6 Å². The third-order valence-electron chi connectivity index (χ3n) is 3.00. The summed E-state index contributed by atoms with van der Waals surface area (Å²) in [5.41, 5.74) is 1.16. The summed E-state index contributed by atoms with van der Waals surface area (Å²) in [5.74, 6) is -0.0496. The summed E-state index contributed by atoms with van der Waals surface area (Å²) in [6.45, 7) is 4.80. The smallest absolute Gasteiger partial charge is 0.292 e. The molecule has 0 aliphatic carbocycles. The molecule has 0 bridgehead atoms. The van der Waals surface area contributed by atoms with Crippen molar-refractivity contribution in [3.8, 4) is 0 Å². The van der Waals surface area contributed by atoms with Gasteiger partial charge in [0.05, 0.1) is 29.4 Å². The molecule has 6 heteroatoms. The first-order valence-corrected chi connectivity index (χ1v) is 8.07. The molecule has 1 amide bonds. The lowest BCUT2D eigenvalue weighted by Gasteiger charge is -2.13. The fourth-order valence-corrected chi connectivity index (χ4v) is 2.04. The Morgan fingerprint density at radius 1 is 1.25 bits per heavy atom. The molecule has 0 fully saturated rings. The van der Waals surface area contributed by atoms with Crippen molar-refractivity contribution in [3.05, 3.63) is 64.9 Å². The van der Waals surface area contributed by atoms with Gasteiger partial charge in [0.1, 0.15) is 0 Å². The summed E-state index contributed by atoms with van der Waals surface area (Å²) >= 11 is 6.05. The molecule has 1 N–H and O–H groups in total. The molecule has 0 saturated carbocycles. The molecule has 1 aromatic carbocycles. The predicted octanol–water partition coefficient (Wildman–Crippen LogP) is 3.69. The van der Waals surface area contributed by atoms with E-state index < -0.39 is 0 Å². The zero-order chi connectivity index (χ0) is 17.4. The number of carbonyl (C=O) groups is 1. The third-order valence-corrected chi connectivity index (χ3v) is 3.33. The molecule has 1 aromatic heterocycles. The van der Waals surface area contributed by atoms with E-state index in [1.807, 2.05) is 32.0 Å². The number of aliphatic imine (C=N–C) groups is 1. The van der Waals surface area contributed by atoms with Crippen LogP contribution in [0.3, 0.4) is 0 Å². The van der Waals surface area contributed by atoms with E-state index in [4.69, 9.17) is 16.3 Å². The first-order valence-electron chi connectivity index (χ1n) is 7.69. The van der Waals surface area contributed by atoms with E-state index >= 15 is 0 Å². The van der Waals surface area contributed by atoms with Crippen LogP contribution in [0.1, 0.15) is 29.9 Å². The van der Waals surface area contributed by atoms with Gasteiger partial charge in [0.2, 0.25) is 0 Å². The molecule has 0 aliphatic heterocycles. The third kappa shape index (κ3) is 5.66. The average Bonchev–Trinajstić information content (AvgIpc) is 2.58. The maximum Gasteiger partial charge on any atom is 0.292 e. The van der Waals surface area contributed by atoms with Crippen molar-refractivity contribution >= 4 is 23.5 Å². The number of pyridine rings is 1. The van der Waals surface area contributed by atoms with Gasteiger partial charge in [0.15, 0.2) is 0 Å². The summed E-state index contributed by atoms with van der Waals surface area (Å²) in [7, 11) is 0. The van der Waals surface area contributed by atoms with E-state index in [1.54, 1.807) is 30.5 Å². The zero-order valence-electron chi connectivity index (χ0n) is 13.7. The number of benzene rings is 1. The number of hydrogen-bond donors (Lipinski definition) is 1. The van der Waals surface area contributed by atoms with E-state index in [-0.39, 0.29) is 11.9 Å². The highest BCUT2D eigenvalue weighted by atomic mass is 35.5. The minimum absolute atomic E-state index is 0.166. The van der Waals surface area contributed by atoms with Gasteiger partial charge in [-0.25, -0.2) is 4.99 Å². The van der Waals surface area contributed by atoms with Gasteiger partial charge < -0.3 is 4.74 Å². The number of nitrogens with zero attached hydrogens (tertiary/aromatic N) is 2. The molecule has 2 rings (SSSR count). The van der Waals surface area contributed by atoms with E-state index in [9.17, 15) is 4.79 Å². The van der Waals surface area contributed by atoms with Gasteiger partial charge in [0, 0.05) is 6.20 Å². The molecule has 24 heavy (non-hydrogen) atoms. The Labute approximate surface area is 146 Å². The first-order chi connectivity index (χ1) is 11.6. The highest BCUT2D eigenvalue weighted by molar-refractivity contribution is 6.34. The molecular formula is C18H20ClN3O2. The van der Waals surface area contributed by atoms with Crippen LogP contribution in [0.25, 0.3) is 0 Å². The molecule has 0 unspecified atom stereocenters. The molecule has 0 atom stereocenters. The van der Waals surface area contributed by atoms with Crippen LogP contribution < -0.4 is 5.32 Å². The van der Waals surface area contributed by atoms with Crippen LogP contribution in [0, 0.1) is 5.92 Å². The van der Waals surface area contributed by atoms with Crippen molar-refractivity contribution in [2.45, 2.75) is 20.4 Å². The first kappa shape index (κ1) is 17.9. The van der Waals surface area contributed by atoms with Crippen molar-refractivity contribution in [2.24, 2.45) is 10.9 Å². The predicted molar refractivity (Wildman–Crippen MR) is 95.1 cm³/mol. The molecule has 126 valence electrons. The lowest BCUT2D eigenvalue weighted by molar-refractivity contribution is 0.0963. The summed E-state index contributed by atoms with van der Waals surface area (Å²) < 4.78 is 5.60. The van der Waals surface area contributed by atoms with E-state index in [2.05, 4.69) is 15.3 Å². The van der Waals surface area contributed by atoms with Gasteiger partial charge in [-0.1, -0.05) is 43.6 Å². The van der Waals surface area contributed by atoms with Crippen LogP contribution >= 0.6 is 11.6 Å². The number of nitrogens with one attached hydrogen (secondary N) is 1. The second kappa shape index (κ2) is 9.03. The number of ether oxygens (including phenoxy) is 1. The minimum atomic E-state index is -0.357. The Kier molecular flexibility index (Phi) is 6.75. The SMILES string of the molecule is CC(C)COC(=NCc1ccccn1)NC(=O)c1ccccc1Cl. The van der Waals surface area contributed by atoms with Crippen LogP contribution in [0.2, 0.25) is 5.02 Å². The van der Waals surface area contributed by atoms with Gasteiger partial charge in [-0.05, 0) is 30.2 Å². The second-order valence-electron chi connectivity index (χ2n) is 5.58. The lowest BCUT2D eigenvalue weighted by atomic mass is 10.2. The summed E-state index contributed by atoms with van der Waals surface area (Å²) in [5, 5.41) is 3.05. The molecular weight excluding hydrogens is 326 g/mol. The van der Waals surface area contributed by atoms with Crippen LogP contribution in [0.4, 0.5) is 0 Å². The van der Waals surface area contributed by atoms with Crippen LogP contribution in [-0.4, -0.2) is 23.5 Å². The molecule has 0 spiro atoms. The molecule has 0 aliphatic rings. The van der Waals surface area contributed by atoms with Crippen LogP contribution in [-0.2, 0) is 11.3 Å². The monoisotopic (exact) mass is 345 g/mol.